The van der Waals surface area contributed by atoms with E-state index < -0.39 is 5.60 Å². The van der Waals surface area contributed by atoms with E-state index in [1.807, 2.05) is 6.07 Å². The maximum atomic E-state index is 12.4. The van der Waals surface area contributed by atoms with Crippen LogP contribution in [0.25, 0.3) is 6.08 Å². The molecule has 0 radical (unpaired) electrons. The molecule has 0 amide bonds. The Morgan fingerprint density at radius 2 is 1.66 bits per heavy atom. The van der Waals surface area contributed by atoms with Crippen molar-refractivity contribution in [1.29, 1.82) is 0 Å². The van der Waals surface area contributed by atoms with Gasteiger partial charge in [0.15, 0.2) is 0 Å². The minimum atomic E-state index is -0.937. The third-order valence-electron chi connectivity index (χ3n) is 6.25. The van der Waals surface area contributed by atoms with Gasteiger partial charge in [0.2, 0.25) is 0 Å². The normalized spacial score (nSPS) is 24.7. The predicted octanol–water partition coefficient (Wildman–Crippen LogP) is 6.01. The molecule has 1 fully saturated rings. The summed E-state index contributed by atoms with van der Waals surface area (Å²) in [5.41, 5.74) is 3.82. The van der Waals surface area contributed by atoms with E-state index in [-0.39, 0.29) is 11.3 Å². The Labute approximate surface area is 177 Å². The Bertz CT molecular complexity index is 814. The van der Waals surface area contributed by atoms with Gasteiger partial charge in [-0.05, 0) is 61.0 Å². The lowest BCUT2D eigenvalue weighted by atomic mass is 9.73. The van der Waals surface area contributed by atoms with Gasteiger partial charge in [-0.3, -0.25) is 0 Å². The molecule has 0 saturated heterocycles. The summed E-state index contributed by atoms with van der Waals surface area (Å²) in [5.74, 6) is 0.176. The molecule has 156 valence electrons. The number of aliphatic hydroxyl groups is 1. The smallest absolute Gasteiger partial charge is 0.115 e. The topological polar surface area (TPSA) is 23.5 Å². The molecule has 2 atom stereocenters. The zero-order valence-corrected chi connectivity index (χ0v) is 18.8. The Balaban J connectivity index is 2.12. The highest BCUT2D eigenvalue weighted by Crippen LogP contribution is 2.45. The SMILES string of the molecule is CN(C)CC1CCCCC(=Cc2ccccc2)C1(O)c1ccc(C(C)(C)C)cc1. The summed E-state index contributed by atoms with van der Waals surface area (Å²) < 4.78 is 0. The lowest BCUT2D eigenvalue weighted by Crippen LogP contribution is -2.41. The van der Waals surface area contributed by atoms with Crippen molar-refractivity contribution < 1.29 is 5.11 Å². The quantitative estimate of drug-likeness (QED) is 0.645. The first kappa shape index (κ1) is 21.8. The number of nitrogens with zero attached hydrogens (tertiary/aromatic N) is 1. The monoisotopic (exact) mass is 391 g/mol. The van der Waals surface area contributed by atoms with E-state index in [4.69, 9.17) is 0 Å². The van der Waals surface area contributed by atoms with Crippen LogP contribution >= 0.6 is 0 Å². The molecule has 1 aliphatic carbocycles. The van der Waals surface area contributed by atoms with Crippen LogP contribution in [0.2, 0.25) is 0 Å². The number of benzene rings is 2. The lowest BCUT2D eigenvalue weighted by molar-refractivity contribution is 0.000461. The fraction of sp³-hybridized carbons (Fsp3) is 0.481. The van der Waals surface area contributed by atoms with E-state index in [0.717, 1.165) is 48.9 Å². The average molecular weight is 392 g/mol. The molecule has 2 aromatic rings. The van der Waals surface area contributed by atoms with Crippen molar-refractivity contribution in [3.8, 4) is 0 Å². The Morgan fingerprint density at radius 1 is 1.00 bits per heavy atom. The molecule has 2 heteroatoms. The summed E-state index contributed by atoms with van der Waals surface area (Å²) in [7, 11) is 4.21. The second-order valence-corrected chi connectivity index (χ2v) is 9.88. The van der Waals surface area contributed by atoms with E-state index in [2.05, 4.69) is 94.4 Å². The number of rotatable bonds is 4. The standard InChI is InChI=1S/C27H37NO/c1-26(2,3)22-15-17-23(18-16-22)27(29)24(19-21-11-7-6-8-12-21)13-9-10-14-25(27)20-28(4)5/h6-8,11-12,15-19,25,29H,9-10,13-14,20H2,1-5H3. The molecule has 29 heavy (non-hydrogen) atoms. The fourth-order valence-electron chi connectivity index (χ4n) is 4.61. The van der Waals surface area contributed by atoms with Gasteiger partial charge in [-0.1, -0.05) is 87.9 Å². The summed E-state index contributed by atoms with van der Waals surface area (Å²) >= 11 is 0. The van der Waals surface area contributed by atoms with Crippen molar-refractivity contribution in [2.24, 2.45) is 5.92 Å². The molecule has 1 N–H and O–H groups in total. The molecule has 0 aliphatic heterocycles. The molecule has 2 unspecified atom stereocenters. The van der Waals surface area contributed by atoms with Crippen LogP contribution in [0.4, 0.5) is 0 Å². The molecule has 2 nitrogen and oxygen atoms in total. The van der Waals surface area contributed by atoms with Gasteiger partial charge in [-0.2, -0.15) is 0 Å². The molecule has 3 rings (SSSR count). The second-order valence-electron chi connectivity index (χ2n) is 9.88. The van der Waals surface area contributed by atoms with Gasteiger partial charge in [-0.25, -0.2) is 0 Å². The van der Waals surface area contributed by atoms with Crippen LogP contribution in [0.5, 0.6) is 0 Å². The number of hydrogen-bond donors (Lipinski definition) is 1. The molecule has 1 saturated carbocycles. The van der Waals surface area contributed by atoms with Crippen molar-refractivity contribution in [3.05, 3.63) is 76.9 Å². The second kappa shape index (κ2) is 8.85. The summed E-state index contributed by atoms with van der Waals surface area (Å²) in [4.78, 5) is 2.21. The minimum Gasteiger partial charge on any atom is -0.380 e. The van der Waals surface area contributed by atoms with E-state index in [1.54, 1.807) is 0 Å². The van der Waals surface area contributed by atoms with Crippen molar-refractivity contribution in [2.45, 2.75) is 57.5 Å². The molecule has 2 aromatic carbocycles. The molecule has 1 aliphatic rings. The highest BCUT2D eigenvalue weighted by molar-refractivity contribution is 5.57. The van der Waals surface area contributed by atoms with Crippen LogP contribution in [0.3, 0.4) is 0 Å². The highest BCUT2D eigenvalue weighted by Gasteiger charge is 2.43. The van der Waals surface area contributed by atoms with Crippen LogP contribution in [-0.4, -0.2) is 30.6 Å². The van der Waals surface area contributed by atoms with Gasteiger partial charge in [0.05, 0.1) is 0 Å². The van der Waals surface area contributed by atoms with Gasteiger partial charge in [-0.15, -0.1) is 0 Å². The third kappa shape index (κ3) is 4.99. The first-order chi connectivity index (χ1) is 13.7. The van der Waals surface area contributed by atoms with Crippen molar-refractivity contribution in [1.82, 2.24) is 4.90 Å². The molecular formula is C27H37NO. The van der Waals surface area contributed by atoms with Gasteiger partial charge in [0, 0.05) is 12.5 Å². The first-order valence-electron chi connectivity index (χ1n) is 11.0. The van der Waals surface area contributed by atoms with E-state index >= 15 is 0 Å². The Hall–Kier alpha value is -1.90. The summed E-state index contributed by atoms with van der Waals surface area (Å²) in [6, 6.07) is 19.2. The lowest BCUT2D eigenvalue weighted by Gasteiger charge is -2.39. The molecule has 0 spiro atoms. The van der Waals surface area contributed by atoms with E-state index in [1.165, 1.54) is 5.56 Å². The summed E-state index contributed by atoms with van der Waals surface area (Å²) in [6.45, 7) is 7.58. The molecular weight excluding hydrogens is 354 g/mol. The third-order valence-corrected chi connectivity index (χ3v) is 6.25. The predicted molar refractivity (Wildman–Crippen MR) is 124 cm³/mol. The van der Waals surface area contributed by atoms with Crippen molar-refractivity contribution in [2.75, 3.05) is 20.6 Å². The van der Waals surface area contributed by atoms with Crippen molar-refractivity contribution >= 4 is 6.08 Å². The molecule has 0 heterocycles. The van der Waals surface area contributed by atoms with Crippen LogP contribution in [-0.2, 0) is 11.0 Å². The largest absolute Gasteiger partial charge is 0.380 e. The molecule has 0 aromatic heterocycles. The van der Waals surface area contributed by atoms with Gasteiger partial charge >= 0.3 is 0 Å². The van der Waals surface area contributed by atoms with Crippen LogP contribution in [0, 0.1) is 5.92 Å². The maximum absolute atomic E-state index is 12.4. The van der Waals surface area contributed by atoms with Gasteiger partial charge in [0.1, 0.15) is 5.60 Å². The zero-order chi connectivity index (χ0) is 21.1. The van der Waals surface area contributed by atoms with Gasteiger partial charge < -0.3 is 10.0 Å². The highest BCUT2D eigenvalue weighted by atomic mass is 16.3. The Morgan fingerprint density at radius 3 is 2.24 bits per heavy atom. The van der Waals surface area contributed by atoms with Crippen LogP contribution in [0.15, 0.2) is 60.2 Å². The van der Waals surface area contributed by atoms with Crippen molar-refractivity contribution in [3.63, 3.8) is 0 Å². The van der Waals surface area contributed by atoms with Crippen LogP contribution < -0.4 is 0 Å². The zero-order valence-electron chi connectivity index (χ0n) is 18.8. The summed E-state index contributed by atoms with van der Waals surface area (Å²) in [5, 5.41) is 12.4. The average Bonchev–Trinajstić information content (AvgIpc) is 2.82. The van der Waals surface area contributed by atoms with E-state index in [0.29, 0.717) is 0 Å². The van der Waals surface area contributed by atoms with Gasteiger partial charge in [0.25, 0.3) is 0 Å². The van der Waals surface area contributed by atoms with Crippen LogP contribution in [0.1, 0.15) is 63.1 Å². The number of hydrogen-bond acceptors (Lipinski definition) is 2. The first-order valence-corrected chi connectivity index (χ1v) is 11.0. The fourth-order valence-corrected chi connectivity index (χ4v) is 4.61. The molecule has 0 bridgehead atoms. The summed E-state index contributed by atoms with van der Waals surface area (Å²) in [6.07, 6.45) is 6.50. The Kier molecular flexibility index (Phi) is 6.65. The minimum absolute atomic E-state index is 0.107. The maximum Gasteiger partial charge on any atom is 0.115 e. The van der Waals surface area contributed by atoms with E-state index in [9.17, 15) is 5.11 Å².